The molecule has 19 heavy (non-hydrogen) atoms. The summed E-state index contributed by atoms with van der Waals surface area (Å²) < 4.78 is 0. The first kappa shape index (κ1) is 14.8. The molecule has 0 spiro atoms. The van der Waals surface area contributed by atoms with Crippen molar-refractivity contribution in [1.82, 2.24) is 10.2 Å². The third-order valence-corrected chi connectivity index (χ3v) is 4.22. The number of hydrogen-bond donors (Lipinski definition) is 2. The van der Waals surface area contributed by atoms with Gasteiger partial charge in [-0.25, -0.2) is 0 Å². The van der Waals surface area contributed by atoms with E-state index < -0.39 is 0 Å². The minimum absolute atomic E-state index is 0.123. The van der Waals surface area contributed by atoms with Gasteiger partial charge in [-0.3, -0.25) is 9.69 Å². The zero-order chi connectivity index (χ0) is 13.7. The number of nitrogens with zero attached hydrogens (tertiary/aromatic N) is 1. The Hall–Kier alpha value is -0.610. The van der Waals surface area contributed by atoms with Crippen LogP contribution < -0.4 is 5.32 Å². The van der Waals surface area contributed by atoms with E-state index in [2.05, 4.69) is 10.2 Å². The first-order valence-corrected chi connectivity index (χ1v) is 7.84. The molecule has 0 aromatic rings. The summed E-state index contributed by atoms with van der Waals surface area (Å²) in [5, 5.41) is 12.6. The Balaban J connectivity index is 1.78. The normalized spacial score (nSPS) is 22.5. The molecular weight excluding hydrogens is 240 g/mol. The Morgan fingerprint density at radius 3 is 2.53 bits per heavy atom. The van der Waals surface area contributed by atoms with E-state index in [0.29, 0.717) is 19.1 Å². The van der Waals surface area contributed by atoms with Gasteiger partial charge < -0.3 is 10.4 Å². The van der Waals surface area contributed by atoms with Crippen molar-refractivity contribution in [3.05, 3.63) is 0 Å². The maximum absolute atomic E-state index is 12.0. The summed E-state index contributed by atoms with van der Waals surface area (Å²) in [4.78, 5) is 14.2. The van der Waals surface area contributed by atoms with Gasteiger partial charge in [0, 0.05) is 19.1 Å². The summed E-state index contributed by atoms with van der Waals surface area (Å²) >= 11 is 0. The molecule has 0 aromatic carbocycles. The molecule has 2 rings (SSSR count). The van der Waals surface area contributed by atoms with Crippen molar-refractivity contribution in [3.63, 3.8) is 0 Å². The van der Waals surface area contributed by atoms with Crippen LogP contribution in [0.3, 0.4) is 0 Å². The quantitative estimate of drug-likeness (QED) is 0.736. The lowest BCUT2D eigenvalue weighted by atomic mass is 9.94. The number of aliphatic hydroxyl groups excluding tert-OH is 1. The molecule has 0 bridgehead atoms. The van der Waals surface area contributed by atoms with Gasteiger partial charge in [0.15, 0.2) is 0 Å². The molecule has 1 unspecified atom stereocenters. The van der Waals surface area contributed by atoms with Gasteiger partial charge in [-0.15, -0.1) is 0 Å². The number of carbonyl (C=O) groups excluding carboxylic acids is 1. The third-order valence-electron chi connectivity index (χ3n) is 4.22. The van der Waals surface area contributed by atoms with Gasteiger partial charge >= 0.3 is 0 Å². The molecule has 0 aliphatic heterocycles. The molecule has 1 atom stereocenters. The maximum atomic E-state index is 12.0. The summed E-state index contributed by atoms with van der Waals surface area (Å²) in [5.74, 6) is 0.849. The molecule has 0 saturated heterocycles. The Kier molecular flexibility index (Phi) is 5.64. The van der Waals surface area contributed by atoms with Crippen LogP contribution in [0.2, 0.25) is 0 Å². The van der Waals surface area contributed by atoms with Crippen LogP contribution in [-0.4, -0.2) is 47.7 Å². The summed E-state index contributed by atoms with van der Waals surface area (Å²) in [6.07, 6.45) is 8.33. The average Bonchev–Trinajstić information content (AvgIpc) is 3.20. The van der Waals surface area contributed by atoms with Crippen LogP contribution >= 0.6 is 0 Å². The highest BCUT2D eigenvalue weighted by Crippen LogP contribution is 2.27. The minimum Gasteiger partial charge on any atom is -0.392 e. The average molecular weight is 268 g/mol. The van der Waals surface area contributed by atoms with Crippen LogP contribution in [0.1, 0.15) is 51.9 Å². The van der Waals surface area contributed by atoms with E-state index in [1.807, 2.05) is 0 Å². The largest absolute Gasteiger partial charge is 0.392 e. The zero-order valence-electron chi connectivity index (χ0n) is 12.1. The standard InChI is InChI=1S/C15H28N2O2/c1-12(18)10-17(14-5-3-2-4-6-14)11-15(19)16-9-13-7-8-13/h12-14,18H,2-11H2,1H3,(H,16,19). The second kappa shape index (κ2) is 7.25. The highest BCUT2D eigenvalue weighted by molar-refractivity contribution is 5.78. The fourth-order valence-corrected chi connectivity index (χ4v) is 2.95. The van der Waals surface area contributed by atoms with Crippen molar-refractivity contribution < 1.29 is 9.90 Å². The van der Waals surface area contributed by atoms with Gasteiger partial charge in [0.25, 0.3) is 0 Å². The van der Waals surface area contributed by atoms with Crippen molar-refractivity contribution in [1.29, 1.82) is 0 Å². The maximum Gasteiger partial charge on any atom is 0.234 e. The van der Waals surface area contributed by atoms with Gasteiger partial charge in [-0.2, -0.15) is 0 Å². The molecule has 2 aliphatic rings. The number of carbonyl (C=O) groups is 1. The number of aliphatic hydroxyl groups is 1. The van der Waals surface area contributed by atoms with E-state index in [9.17, 15) is 9.90 Å². The van der Waals surface area contributed by atoms with Crippen molar-refractivity contribution in [2.75, 3.05) is 19.6 Å². The zero-order valence-corrected chi connectivity index (χ0v) is 12.1. The van der Waals surface area contributed by atoms with Crippen molar-refractivity contribution in [2.45, 2.75) is 64.0 Å². The fourth-order valence-electron chi connectivity index (χ4n) is 2.95. The summed E-state index contributed by atoms with van der Waals surface area (Å²) in [5.41, 5.74) is 0. The summed E-state index contributed by atoms with van der Waals surface area (Å²) in [7, 11) is 0. The predicted octanol–water partition coefficient (Wildman–Crippen LogP) is 1.53. The highest BCUT2D eigenvalue weighted by atomic mass is 16.3. The minimum atomic E-state index is -0.363. The second-order valence-electron chi connectivity index (χ2n) is 6.32. The van der Waals surface area contributed by atoms with Crippen molar-refractivity contribution in [3.8, 4) is 0 Å². The van der Waals surface area contributed by atoms with Crippen molar-refractivity contribution in [2.24, 2.45) is 5.92 Å². The summed E-state index contributed by atoms with van der Waals surface area (Å²) in [6, 6.07) is 0.482. The van der Waals surface area contributed by atoms with Crippen LogP contribution in [0.5, 0.6) is 0 Å². The van der Waals surface area contributed by atoms with E-state index in [-0.39, 0.29) is 12.0 Å². The Labute approximate surface area is 116 Å². The first-order chi connectivity index (χ1) is 9.15. The number of rotatable bonds is 7. The second-order valence-corrected chi connectivity index (χ2v) is 6.32. The van der Waals surface area contributed by atoms with Gasteiger partial charge in [-0.05, 0) is 38.5 Å². The fraction of sp³-hybridized carbons (Fsp3) is 0.933. The van der Waals surface area contributed by atoms with Crippen LogP contribution in [0, 0.1) is 5.92 Å². The van der Waals surface area contributed by atoms with E-state index in [1.54, 1.807) is 6.92 Å². The van der Waals surface area contributed by atoms with Crippen LogP contribution in [0.25, 0.3) is 0 Å². The van der Waals surface area contributed by atoms with E-state index >= 15 is 0 Å². The van der Waals surface area contributed by atoms with Crippen molar-refractivity contribution >= 4 is 5.91 Å². The molecule has 0 aromatic heterocycles. The topological polar surface area (TPSA) is 52.6 Å². The van der Waals surface area contributed by atoms with Gasteiger partial charge in [0.05, 0.1) is 12.6 Å². The van der Waals surface area contributed by atoms with E-state index in [0.717, 1.165) is 12.5 Å². The monoisotopic (exact) mass is 268 g/mol. The molecule has 2 fully saturated rings. The number of nitrogens with one attached hydrogen (secondary N) is 1. The smallest absolute Gasteiger partial charge is 0.234 e. The van der Waals surface area contributed by atoms with Gasteiger partial charge in [0.1, 0.15) is 0 Å². The molecule has 2 aliphatic carbocycles. The molecule has 2 N–H and O–H groups in total. The lowest BCUT2D eigenvalue weighted by Gasteiger charge is -2.34. The SMILES string of the molecule is CC(O)CN(CC(=O)NCC1CC1)C1CCCCC1. The van der Waals surface area contributed by atoms with Gasteiger partial charge in [-0.1, -0.05) is 19.3 Å². The molecule has 4 nitrogen and oxygen atoms in total. The molecule has 0 radical (unpaired) electrons. The van der Waals surface area contributed by atoms with E-state index in [1.165, 1.54) is 44.9 Å². The van der Waals surface area contributed by atoms with Crippen LogP contribution in [-0.2, 0) is 4.79 Å². The molecule has 2 saturated carbocycles. The first-order valence-electron chi connectivity index (χ1n) is 7.84. The number of hydrogen-bond acceptors (Lipinski definition) is 3. The Morgan fingerprint density at radius 2 is 1.95 bits per heavy atom. The molecule has 110 valence electrons. The lowest BCUT2D eigenvalue weighted by molar-refractivity contribution is -0.123. The van der Waals surface area contributed by atoms with E-state index in [4.69, 9.17) is 0 Å². The highest BCUT2D eigenvalue weighted by Gasteiger charge is 2.25. The molecular formula is C15H28N2O2. The van der Waals surface area contributed by atoms with Crippen LogP contribution in [0.15, 0.2) is 0 Å². The summed E-state index contributed by atoms with van der Waals surface area (Å²) in [6.45, 7) is 3.70. The number of amides is 1. The third kappa shape index (κ3) is 5.49. The Bertz CT molecular complexity index is 284. The molecule has 4 heteroatoms. The predicted molar refractivity (Wildman–Crippen MR) is 75.9 cm³/mol. The van der Waals surface area contributed by atoms with Crippen LogP contribution in [0.4, 0.5) is 0 Å². The lowest BCUT2D eigenvalue weighted by Crippen LogP contribution is -2.46. The van der Waals surface area contributed by atoms with Gasteiger partial charge in [0.2, 0.25) is 5.91 Å². The molecule has 1 amide bonds. The Morgan fingerprint density at radius 1 is 1.26 bits per heavy atom. The molecule has 0 heterocycles.